The van der Waals surface area contributed by atoms with E-state index in [1.165, 1.54) is 32.1 Å². The van der Waals surface area contributed by atoms with Crippen LogP contribution in [0.2, 0.25) is 0 Å². The van der Waals surface area contributed by atoms with Crippen molar-refractivity contribution in [3.8, 4) is 0 Å². The molecule has 2 nitrogen and oxygen atoms in total. The molecule has 3 unspecified atom stereocenters. The van der Waals surface area contributed by atoms with E-state index >= 15 is 0 Å². The van der Waals surface area contributed by atoms with Crippen LogP contribution in [-0.4, -0.2) is 17.4 Å². The molecule has 0 aromatic rings. The first kappa shape index (κ1) is 17.0. The van der Waals surface area contributed by atoms with E-state index in [2.05, 4.69) is 46.9 Å². The zero-order valence-corrected chi connectivity index (χ0v) is 15.0. The fourth-order valence-corrected chi connectivity index (χ4v) is 4.45. The van der Waals surface area contributed by atoms with Crippen molar-refractivity contribution in [1.82, 2.24) is 5.32 Å². The number of rotatable bonds is 4. The summed E-state index contributed by atoms with van der Waals surface area (Å²) in [6, 6.07) is 0.0208. The van der Waals surface area contributed by atoms with Gasteiger partial charge in [-0.25, -0.2) is 0 Å². The standard InChI is InChI=1S/C19H35NO/c1-18(2,3)17(21)16(20-19(4,5)6)12-15-10-13-7-8-14(9-13)11-15/h13-16,20H,7-12H2,1-6H3. The van der Waals surface area contributed by atoms with Gasteiger partial charge in [-0.3, -0.25) is 4.79 Å². The number of carbonyl (C=O) groups is 1. The number of nitrogens with one attached hydrogen (secondary N) is 1. The van der Waals surface area contributed by atoms with E-state index < -0.39 is 0 Å². The minimum absolute atomic E-state index is 0.000768. The Bertz CT molecular complexity index is 362. The third-order valence-corrected chi connectivity index (χ3v) is 5.22. The number of ketones is 1. The Morgan fingerprint density at radius 2 is 1.52 bits per heavy atom. The average Bonchev–Trinajstić information content (AvgIpc) is 2.64. The van der Waals surface area contributed by atoms with Crippen LogP contribution in [0, 0.1) is 23.2 Å². The fraction of sp³-hybridized carbons (Fsp3) is 0.947. The van der Waals surface area contributed by atoms with Crippen molar-refractivity contribution in [2.24, 2.45) is 23.2 Å². The molecule has 3 atom stereocenters. The predicted molar refractivity (Wildman–Crippen MR) is 89.3 cm³/mol. The quantitative estimate of drug-likeness (QED) is 0.822. The van der Waals surface area contributed by atoms with Gasteiger partial charge in [0.05, 0.1) is 6.04 Å². The van der Waals surface area contributed by atoms with Crippen LogP contribution < -0.4 is 5.32 Å². The summed E-state index contributed by atoms with van der Waals surface area (Å²) in [7, 11) is 0. The topological polar surface area (TPSA) is 29.1 Å². The van der Waals surface area contributed by atoms with Crippen LogP contribution in [0.1, 0.15) is 80.1 Å². The molecule has 0 radical (unpaired) electrons. The summed E-state index contributed by atoms with van der Waals surface area (Å²) in [5, 5.41) is 3.61. The van der Waals surface area contributed by atoms with Crippen LogP contribution >= 0.6 is 0 Å². The first-order valence-electron chi connectivity index (χ1n) is 8.86. The van der Waals surface area contributed by atoms with E-state index in [0.29, 0.717) is 5.78 Å². The van der Waals surface area contributed by atoms with Gasteiger partial charge in [0.25, 0.3) is 0 Å². The summed E-state index contributed by atoms with van der Waals surface area (Å²) in [5.41, 5.74) is -0.254. The molecule has 2 aliphatic rings. The SMILES string of the molecule is CC(C)(C)NC(CC1CC2CCC(C2)C1)C(=O)C(C)(C)C. The molecule has 2 bridgehead atoms. The first-order valence-corrected chi connectivity index (χ1v) is 8.86. The number of carbonyl (C=O) groups excluding carboxylic acids is 1. The Morgan fingerprint density at radius 3 is 1.95 bits per heavy atom. The summed E-state index contributed by atoms with van der Waals surface area (Å²) in [6.07, 6.45) is 8.09. The Kier molecular flexibility index (Phi) is 4.87. The van der Waals surface area contributed by atoms with Crippen molar-refractivity contribution in [3.63, 3.8) is 0 Å². The summed E-state index contributed by atoms with van der Waals surface area (Å²) in [5.74, 6) is 3.04. The lowest BCUT2D eigenvalue weighted by molar-refractivity contribution is -0.129. The number of fused-ring (bicyclic) bond motifs is 2. The van der Waals surface area contributed by atoms with E-state index in [-0.39, 0.29) is 17.0 Å². The molecule has 2 heteroatoms. The zero-order chi connectivity index (χ0) is 15.8. The number of Topliss-reactive ketones (excluding diaryl/α,β-unsaturated/α-hetero) is 1. The summed E-state index contributed by atoms with van der Waals surface area (Å²) < 4.78 is 0. The van der Waals surface area contributed by atoms with Gasteiger partial charge in [-0.1, -0.05) is 33.6 Å². The van der Waals surface area contributed by atoms with Crippen molar-refractivity contribution in [2.75, 3.05) is 0 Å². The van der Waals surface area contributed by atoms with Crippen molar-refractivity contribution < 1.29 is 4.79 Å². The Morgan fingerprint density at radius 1 is 1.00 bits per heavy atom. The molecule has 0 saturated heterocycles. The van der Waals surface area contributed by atoms with Gasteiger partial charge >= 0.3 is 0 Å². The van der Waals surface area contributed by atoms with Crippen LogP contribution in [0.15, 0.2) is 0 Å². The zero-order valence-electron chi connectivity index (χ0n) is 15.0. The molecule has 21 heavy (non-hydrogen) atoms. The summed E-state index contributed by atoms with van der Waals surface area (Å²) in [6.45, 7) is 12.7. The van der Waals surface area contributed by atoms with Crippen LogP contribution in [0.5, 0.6) is 0 Å². The van der Waals surface area contributed by atoms with E-state index in [1.807, 2.05) is 0 Å². The van der Waals surface area contributed by atoms with Crippen molar-refractivity contribution in [3.05, 3.63) is 0 Å². The minimum atomic E-state index is -0.253. The van der Waals surface area contributed by atoms with Crippen LogP contribution in [-0.2, 0) is 4.79 Å². The van der Waals surface area contributed by atoms with E-state index in [0.717, 1.165) is 24.2 Å². The Labute approximate surface area is 131 Å². The largest absolute Gasteiger partial charge is 0.303 e. The molecule has 0 spiro atoms. The highest BCUT2D eigenvalue weighted by Crippen LogP contribution is 2.46. The lowest BCUT2D eigenvalue weighted by Gasteiger charge is -2.36. The minimum Gasteiger partial charge on any atom is -0.303 e. The molecule has 2 aliphatic carbocycles. The second-order valence-corrected chi connectivity index (χ2v) is 9.68. The highest BCUT2D eigenvalue weighted by molar-refractivity contribution is 5.88. The summed E-state index contributed by atoms with van der Waals surface area (Å²) in [4.78, 5) is 12.8. The number of hydrogen-bond donors (Lipinski definition) is 1. The third kappa shape index (κ3) is 4.81. The second-order valence-electron chi connectivity index (χ2n) is 9.68. The lowest BCUT2D eigenvalue weighted by Crippen LogP contribution is -2.51. The maximum atomic E-state index is 12.8. The normalized spacial score (nSPS) is 31.2. The number of hydrogen-bond acceptors (Lipinski definition) is 2. The van der Waals surface area contributed by atoms with Gasteiger partial charge in [0.1, 0.15) is 0 Å². The fourth-order valence-electron chi connectivity index (χ4n) is 4.45. The molecule has 0 heterocycles. The molecule has 0 aromatic heterocycles. The average molecular weight is 293 g/mol. The molecule has 2 saturated carbocycles. The van der Waals surface area contributed by atoms with Gasteiger partial charge in [0.15, 0.2) is 5.78 Å². The van der Waals surface area contributed by atoms with Crippen LogP contribution in [0.4, 0.5) is 0 Å². The summed E-state index contributed by atoms with van der Waals surface area (Å²) >= 11 is 0. The molecule has 2 fully saturated rings. The second kappa shape index (κ2) is 6.02. The predicted octanol–water partition coefficient (Wildman–Crippen LogP) is 4.57. The Hall–Kier alpha value is -0.370. The Balaban J connectivity index is 2.03. The van der Waals surface area contributed by atoms with E-state index in [9.17, 15) is 4.79 Å². The highest BCUT2D eigenvalue weighted by Gasteiger charge is 2.38. The monoisotopic (exact) mass is 293 g/mol. The van der Waals surface area contributed by atoms with E-state index in [4.69, 9.17) is 0 Å². The maximum absolute atomic E-state index is 12.8. The van der Waals surface area contributed by atoms with Crippen LogP contribution in [0.3, 0.4) is 0 Å². The smallest absolute Gasteiger partial charge is 0.155 e. The van der Waals surface area contributed by atoms with Gasteiger partial charge in [0, 0.05) is 11.0 Å². The van der Waals surface area contributed by atoms with Gasteiger partial charge in [-0.05, 0) is 64.2 Å². The van der Waals surface area contributed by atoms with Crippen molar-refractivity contribution in [2.45, 2.75) is 91.6 Å². The van der Waals surface area contributed by atoms with Crippen LogP contribution in [0.25, 0.3) is 0 Å². The van der Waals surface area contributed by atoms with Crippen molar-refractivity contribution in [1.29, 1.82) is 0 Å². The first-order chi connectivity index (χ1) is 9.54. The molecular weight excluding hydrogens is 258 g/mol. The molecule has 1 N–H and O–H groups in total. The van der Waals surface area contributed by atoms with Gasteiger partial charge in [0.2, 0.25) is 0 Å². The molecule has 0 aliphatic heterocycles. The lowest BCUT2D eigenvalue weighted by atomic mass is 9.75. The molecule has 0 amide bonds. The highest BCUT2D eigenvalue weighted by atomic mass is 16.1. The third-order valence-electron chi connectivity index (χ3n) is 5.22. The molecule has 2 rings (SSSR count). The van der Waals surface area contributed by atoms with Crippen molar-refractivity contribution >= 4 is 5.78 Å². The maximum Gasteiger partial charge on any atom is 0.155 e. The molecule has 0 aromatic carbocycles. The molecular formula is C19H35NO. The van der Waals surface area contributed by atoms with Gasteiger partial charge in [-0.2, -0.15) is 0 Å². The molecule has 122 valence electrons. The van der Waals surface area contributed by atoms with Gasteiger partial charge in [-0.15, -0.1) is 0 Å². The van der Waals surface area contributed by atoms with Gasteiger partial charge < -0.3 is 5.32 Å². The van der Waals surface area contributed by atoms with E-state index in [1.54, 1.807) is 0 Å².